The van der Waals surface area contributed by atoms with E-state index >= 15 is 0 Å². The number of nitrogens with zero attached hydrogens (tertiary/aromatic N) is 3. The number of hydrogen-bond acceptors (Lipinski definition) is 5. The Morgan fingerprint density at radius 2 is 1.70 bits per heavy atom. The monoisotopic (exact) mass is 450 g/mol. The Morgan fingerprint density at radius 3 is 2.42 bits per heavy atom. The van der Waals surface area contributed by atoms with Gasteiger partial charge in [0.1, 0.15) is 5.75 Å². The van der Waals surface area contributed by atoms with Crippen LogP contribution in [0.3, 0.4) is 0 Å². The molecule has 1 unspecified atom stereocenters. The van der Waals surface area contributed by atoms with Gasteiger partial charge in [0.15, 0.2) is 0 Å². The van der Waals surface area contributed by atoms with Crippen LogP contribution in [0.15, 0.2) is 54.6 Å². The molecule has 2 fully saturated rings. The SMILES string of the molecule is COc1ccccc1N1CC(C(=O)NCCC(=O)N2CCN(c3ccccc3)CC2)CC1=O. The largest absolute Gasteiger partial charge is 0.495 e. The molecule has 33 heavy (non-hydrogen) atoms. The number of hydrogen-bond donors (Lipinski definition) is 1. The predicted molar refractivity (Wildman–Crippen MR) is 126 cm³/mol. The molecule has 1 N–H and O–H groups in total. The molecule has 2 aromatic rings. The molecule has 8 nitrogen and oxygen atoms in total. The van der Waals surface area contributed by atoms with Gasteiger partial charge in [-0.15, -0.1) is 0 Å². The Hall–Kier alpha value is -3.55. The van der Waals surface area contributed by atoms with Crippen LogP contribution < -0.4 is 19.9 Å². The average molecular weight is 451 g/mol. The van der Waals surface area contributed by atoms with E-state index in [0.717, 1.165) is 13.1 Å². The van der Waals surface area contributed by atoms with Crippen molar-refractivity contribution in [2.45, 2.75) is 12.8 Å². The van der Waals surface area contributed by atoms with Crippen molar-refractivity contribution in [3.05, 3.63) is 54.6 Å². The van der Waals surface area contributed by atoms with Gasteiger partial charge in [-0.25, -0.2) is 0 Å². The van der Waals surface area contributed by atoms with Crippen molar-refractivity contribution < 1.29 is 19.1 Å². The second kappa shape index (κ2) is 10.4. The zero-order chi connectivity index (χ0) is 23.2. The summed E-state index contributed by atoms with van der Waals surface area (Å²) in [5.41, 5.74) is 1.84. The molecule has 0 aromatic heterocycles. The number of methoxy groups -OCH3 is 1. The molecule has 2 aliphatic heterocycles. The Kier molecular flexibility index (Phi) is 7.12. The fraction of sp³-hybridized carbons (Fsp3) is 0.400. The number of benzene rings is 2. The minimum absolute atomic E-state index is 0.0427. The molecule has 2 heterocycles. The highest BCUT2D eigenvalue weighted by Crippen LogP contribution is 2.32. The number of amides is 3. The first kappa shape index (κ1) is 22.6. The second-order valence-corrected chi connectivity index (χ2v) is 8.32. The summed E-state index contributed by atoms with van der Waals surface area (Å²) in [6, 6.07) is 17.5. The van der Waals surface area contributed by atoms with Crippen molar-refractivity contribution in [2.24, 2.45) is 5.92 Å². The highest BCUT2D eigenvalue weighted by molar-refractivity contribution is 6.01. The van der Waals surface area contributed by atoms with E-state index in [1.165, 1.54) is 5.69 Å². The van der Waals surface area contributed by atoms with E-state index in [4.69, 9.17) is 4.74 Å². The molecule has 0 saturated carbocycles. The van der Waals surface area contributed by atoms with Gasteiger partial charge in [-0.1, -0.05) is 30.3 Å². The fourth-order valence-electron chi connectivity index (χ4n) is 4.42. The van der Waals surface area contributed by atoms with Gasteiger partial charge in [0.2, 0.25) is 17.7 Å². The van der Waals surface area contributed by atoms with Crippen molar-refractivity contribution in [2.75, 3.05) is 56.2 Å². The molecule has 8 heteroatoms. The number of carbonyl (C=O) groups excluding carboxylic acids is 3. The lowest BCUT2D eigenvalue weighted by atomic mass is 10.1. The van der Waals surface area contributed by atoms with Gasteiger partial charge in [0.05, 0.1) is 18.7 Å². The molecule has 0 spiro atoms. The minimum Gasteiger partial charge on any atom is -0.495 e. The van der Waals surface area contributed by atoms with Gasteiger partial charge in [-0.05, 0) is 24.3 Å². The summed E-state index contributed by atoms with van der Waals surface area (Å²) in [6.07, 6.45) is 0.410. The van der Waals surface area contributed by atoms with Gasteiger partial charge in [0, 0.05) is 57.8 Å². The molecule has 3 amide bonds. The van der Waals surface area contributed by atoms with Crippen molar-refractivity contribution >= 4 is 29.1 Å². The summed E-state index contributed by atoms with van der Waals surface area (Å²) in [7, 11) is 1.56. The maximum Gasteiger partial charge on any atom is 0.227 e. The van der Waals surface area contributed by atoms with E-state index in [9.17, 15) is 14.4 Å². The van der Waals surface area contributed by atoms with Crippen LogP contribution in [0.4, 0.5) is 11.4 Å². The summed E-state index contributed by atoms with van der Waals surface area (Å²) in [6.45, 7) is 3.52. The van der Waals surface area contributed by atoms with E-state index in [1.807, 2.05) is 41.3 Å². The normalized spacial score (nSPS) is 18.4. The predicted octanol–water partition coefficient (Wildman–Crippen LogP) is 1.90. The van der Waals surface area contributed by atoms with Crippen LogP contribution in [-0.4, -0.2) is 69.0 Å². The van der Waals surface area contributed by atoms with E-state index in [1.54, 1.807) is 18.1 Å². The first-order valence-corrected chi connectivity index (χ1v) is 11.4. The highest BCUT2D eigenvalue weighted by Gasteiger charge is 2.36. The van der Waals surface area contributed by atoms with Gasteiger partial charge in [-0.2, -0.15) is 0 Å². The van der Waals surface area contributed by atoms with E-state index in [-0.39, 0.29) is 37.1 Å². The van der Waals surface area contributed by atoms with Crippen LogP contribution in [0.1, 0.15) is 12.8 Å². The van der Waals surface area contributed by atoms with E-state index < -0.39 is 5.92 Å². The molecular weight excluding hydrogens is 420 g/mol. The van der Waals surface area contributed by atoms with Gasteiger partial charge >= 0.3 is 0 Å². The molecule has 2 saturated heterocycles. The molecular formula is C25H30N4O4. The quantitative estimate of drug-likeness (QED) is 0.697. The van der Waals surface area contributed by atoms with Crippen LogP contribution in [-0.2, 0) is 14.4 Å². The standard InChI is InChI=1S/C25H30N4O4/c1-33-22-10-6-5-9-21(22)29-18-19(17-24(29)31)25(32)26-12-11-23(30)28-15-13-27(14-16-28)20-7-3-2-4-8-20/h2-10,19H,11-18H2,1H3,(H,26,32). The summed E-state index contributed by atoms with van der Waals surface area (Å²) in [5, 5.41) is 2.84. The van der Waals surface area contributed by atoms with Crippen molar-refractivity contribution in [3.63, 3.8) is 0 Å². The third-order valence-electron chi connectivity index (χ3n) is 6.26. The average Bonchev–Trinajstić information content (AvgIpc) is 3.26. The number of ether oxygens (including phenoxy) is 1. The van der Waals surface area contributed by atoms with Gasteiger partial charge in [0.25, 0.3) is 0 Å². The number of anilines is 2. The molecule has 2 aliphatic rings. The van der Waals surface area contributed by atoms with Crippen molar-refractivity contribution in [3.8, 4) is 5.75 Å². The van der Waals surface area contributed by atoms with E-state index in [2.05, 4.69) is 22.3 Å². The summed E-state index contributed by atoms with van der Waals surface area (Å²) >= 11 is 0. The Morgan fingerprint density at radius 1 is 1.00 bits per heavy atom. The van der Waals surface area contributed by atoms with Crippen molar-refractivity contribution in [1.29, 1.82) is 0 Å². The maximum atomic E-state index is 12.6. The lowest BCUT2D eigenvalue weighted by Gasteiger charge is -2.36. The summed E-state index contributed by atoms with van der Waals surface area (Å²) in [4.78, 5) is 43.4. The number of carbonyl (C=O) groups is 3. The first-order chi connectivity index (χ1) is 16.1. The van der Waals surface area contributed by atoms with Gasteiger partial charge < -0.3 is 24.8 Å². The van der Waals surface area contributed by atoms with Crippen molar-refractivity contribution in [1.82, 2.24) is 10.2 Å². The van der Waals surface area contributed by atoms with E-state index in [0.29, 0.717) is 31.1 Å². The van der Waals surface area contributed by atoms with Crippen LogP contribution in [0.2, 0.25) is 0 Å². The Bertz CT molecular complexity index is 989. The second-order valence-electron chi connectivity index (χ2n) is 8.32. The third-order valence-corrected chi connectivity index (χ3v) is 6.26. The Labute approximate surface area is 194 Å². The molecule has 4 rings (SSSR count). The molecule has 0 aliphatic carbocycles. The maximum absolute atomic E-state index is 12.6. The lowest BCUT2D eigenvalue weighted by molar-refractivity contribution is -0.131. The minimum atomic E-state index is -0.438. The number of rotatable bonds is 7. The fourth-order valence-corrected chi connectivity index (χ4v) is 4.42. The summed E-state index contributed by atoms with van der Waals surface area (Å²) < 4.78 is 5.34. The zero-order valence-corrected chi connectivity index (χ0v) is 18.9. The lowest BCUT2D eigenvalue weighted by Crippen LogP contribution is -2.49. The number of piperazine rings is 1. The zero-order valence-electron chi connectivity index (χ0n) is 18.9. The van der Waals surface area contributed by atoms with Crippen LogP contribution >= 0.6 is 0 Å². The molecule has 1 atom stereocenters. The Balaban J connectivity index is 1.21. The molecule has 174 valence electrons. The number of para-hydroxylation sites is 3. The third kappa shape index (κ3) is 5.27. The molecule has 0 bridgehead atoms. The van der Waals surface area contributed by atoms with Crippen LogP contribution in [0.5, 0.6) is 5.75 Å². The van der Waals surface area contributed by atoms with Crippen LogP contribution in [0, 0.1) is 5.92 Å². The number of nitrogens with one attached hydrogen (secondary N) is 1. The topological polar surface area (TPSA) is 82.2 Å². The van der Waals surface area contributed by atoms with Gasteiger partial charge in [-0.3, -0.25) is 14.4 Å². The first-order valence-electron chi connectivity index (χ1n) is 11.4. The highest BCUT2D eigenvalue weighted by atomic mass is 16.5. The summed E-state index contributed by atoms with van der Waals surface area (Å²) in [5.74, 6) is -0.0904. The molecule has 2 aromatic carbocycles. The smallest absolute Gasteiger partial charge is 0.227 e. The van der Waals surface area contributed by atoms with Crippen LogP contribution in [0.25, 0.3) is 0 Å². The molecule has 0 radical (unpaired) electrons.